The first-order valence-electron chi connectivity index (χ1n) is 6.61. The number of carbonyl (C=O) groups is 2. The number of carboxylic acid groups (broad SMARTS) is 1. The largest absolute Gasteiger partial charge is 0.493 e. The standard InChI is InChI=1S/C15H15NO5S2/c1-8(14(18)19)16-13(17)12(23-15(16)22)7-9-4-5-10(20-2)11(6-9)21-3/h4-8H,1-3H3,(H,18,19)/b12-7+. The summed E-state index contributed by atoms with van der Waals surface area (Å²) in [7, 11) is 3.06. The predicted molar refractivity (Wildman–Crippen MR) is 91.7 cm³/mol. The Morgan fingerprint density at radius 2 is 2.00 bits per heavy atom. The van der Waals surface area contributed by atoms with Crippen LogP contribution in [0.4, 0.5) is 0 Å². The van der Waals surface area contributed by atoms with Crippen molar-refractivity contribution >= 4 is 46.3 Å². The second kappa shape index (κ2) is 7.01. The molecule has 0 bridgehead atoms. The Balaban J connectivity index is 2.32. The van der Waals surface area contributed by atoms with Crippen LogP contribution in [0.25, 0.3) is 6.08 Å². The molecule has 1 amide bonds. The highest BCUT2D eigenvalue weighted by Crippen LogP contribution is 2.35. The summed E-state index contributed by atoms with van der Waals surface area (Å²) in [5, 5.41) is 9.07. The van der Waals surface area contributed by atoms with Crippen LogP contribution in [0.5, 0.6) is 11.5 Å². The fourth-order valence-electron chi connectivity index (χ4n) is 2.02. The molecular weight excluding hydrogens is 338 g/mol. The van der Waals surface area contributed by atoms with Gasteiger partial charge in [-0.25, -0.2) is 4.79 Å². The quantitative estimate of drug-likeness (QED) is 0.643. The van der Waals surface area contributed by atoms with E-state index in [9.17, 15) is 9.59 Å². The highest BCUT2D eigenvalue weighted by molar-refractivity contribution is 8.26. The van der Waals surface area contributed by atoms with E-state index in [1.807, 2.05) is 0 Å². The lowest BCUT2D eigenvalue weighted by molar-refractivity contribution is -0.144. The van der Waals surface area contributed by atoms with E-state index in [2.05, 4.69) is 0 Å². The van der Waals surface area contributed by atoms with Crippen molar-refractivity contribution in [1.82, 2.24) is 4.90 Å². The van der Waals surface area contributed by atoms with Crippen molar-refractivity contribution in [2.24, 2.45) is 0 Å². The summed E-state index contributed by atoms with van der Waals surface area (Å²) in [5.74, 6) is -0.398. The van der Waals surface area contributed by atoms with E-state index in [0.29, 0.717) is 16.4 Å². The van der Waals surface area contributed by atoms with Gasteiger partial charge in [-0.2, -0.15) is 0 Å². The first kappa shape index (κ1) is 17.3. The van der Waals surface area contributed by atoms with Crippen LogP contribution in [0.15, 0.2) is 23.1 Å². The van der Waals surface area contributed by atoms with Gasteiger partial charge in [0, 0.05) is 0 Å². The van der Waals surface area contributed by atoms with E-state index in [0.717, 1.165) is 22.2 Å². The van der Waals surface area contributed by atoms with Crippen LogP contribution in [0.3, 0.4) is 0 Å². The van der Waals surface area contributed by atoms with Crippen molar-refractivity contribution < 1.29 is 24.2 Å². The van der Waals surface area contributed by atoms with Crippen molar-refractivity contribution in [3.05, 3.63) is 28.7 Å². The molecule has 1 saturated heterocycles. The maximum Gasteiger partial charge on any atom is 0.326 e. The second-order valence-corrected chi connectivity index (χ2v) is 6.36. The van der Waals surface area contributed by atoms with E-state index < -0.39 is 17.9 Å². The highest BCUT2D eigenvalue weighted by Gasteiger charge is 2.38. The smallest absolute Gasteiger partial charge is 0.326 e. The molecule has 8 heteroatoms. The summed E-state index contributed by atoms with van der Waals surface area (Å²) in [4.78, 5) is 24.9. The number of thiocarbonyl (C=S) groups is 1. The number of methoxy groups -OCH3 is 2. The molecule has 0 radical (unpaired) electrons. The Kier molecular flexibility index (Phi) is 5.27. The Morgan fingerprint density at radius 1 is 1.35 bits per heavy atom. The lowest BCUT2D eigenvalue weighted by atomic mass is 10.1. The normalized spacial score (nSPS) is 17.5. The van der Waals surface area contributed by atoms with Crippen LogP contribution in [-0.2, 0) is 9.59 Å². The number of thioether (sulfide) groups is 1. The van der Waals surface area contributed by atoms with E-state index in [4.69, 9.17) is 26.8 Å². The highest BCUT2D eigenvalue weighted by atomic mass is 32.2. The number of aliphatic carboxylic acids is 1. The third-order valence-corrected chi connectivity index (χ3v) is 4.60. The zero-order valence-electron chi connectivity index (χ0n) is 12.7. The van der Waals surface area contributed by atoms with Gasteiger partial charge in [0.25, 0.3) is 5.91 Å². The van der Waals surface area contributed by atoms with Crippen LogP contribution in [0, 0.1) is 0 Å². The third kappa shape index (κ3) is 3.48. The molecule has 1 N–H and O–H groups in total. The summed E-state index contributed by atoms with van der Waals surface area (Å²) < 4.78 is 10.6. The van der Waals surface area contributed by atoms with Crippen LogP contribution < -0.4 is 9.47 Å². The van der Waals surface area contributed by atoms with E-state index in [1.165, 1.54) is 21.1 Å². The van der Waals surface area contributed by atoms with Gasteiger partial charge < -0.3 is 14.6 Å². The summed E-state index contributed by atoms with van der Waals surface area (Å²) in [6.45, 7) is 1.42. The predicted octanol–water partition coefficient (Wildman–Crippen LogP) is 2.38. The van der Waals surface area contributed by atoms with Crippen molar-refractivity contribution in [3.8, 4) is 11.5 Å². The first-order chi connectivity index (χ1) is 10.9. The van der Waals surface area contributed by atoms with Crippen LogP contribution in [-0.4, -0.2) is 46.5 Å². The lowest BCUT2D eigenvalue weighted by Gasteiger charge is -2.18. The topological polar surface area (TPSA) is 76.1 Å². The minimum absolute atomic E-state index is 0.233. The van der Waals surface area contributed by atoms with Crippen molar-refractivity contribution in [1.29, 1.82) is 0 Å². The van der Waals surface area contributed by atoms with Gasteiger partial charge in [0.05, 0.1) is 19.1 Å². The van der Waals surface area contributed by atoms with Crippen LogP contribution in [0.2, 0.25) is 0 Å². The molecule has 1 atom stereocenters. The molecule has 0 aromatic heterocycles. The monoisotopic (exact) mass is 353 g/mol. The summed E-state index contributed by atoms with van der Waals surface area (Å²) >= 11 is 6.19. The average Bonchev–Trinajstić information content (AvgIpc) is 2.80. The molecule has 6 nitrogen and oxygen atoms in total. The molecular formula is C15H15NO5S2. The number of benzene rings is 1. The molecule has 0 spiro atoms. The molecule has 1 heterocycles. The van der Waals surface area contributed by atoms with Gasteiger partial charge in [-0.15, -0.1) is 0 Å². The van der Waals surface area contributed by atoms with Crippen LogP contribution in [0.1, 0.15) is 12.5 Å². The van der Waals surface area contributed by atoms with E-state index >= 15 is 0 Å². The molecule has 1 aliphatic heterocycles. The molecule has 1 fully saturated rings. The Morgan fingerprint density at radius 3 is 2.57 bits per heavy atom. The molecule has 23 heavy (non-hydrogen) atoms. The Bertz CT molecular complexity index is 701. The first-order valence-corrected chi connectivity index (χ1v) is 7.83. The minimum Gasteiger partial charge on any atom is -0.493 e. The second-order valence-electron chi connectivity index (χ2n) is 4.68. The van der Waals surface area contributed by atoms with E-state index in [1.54, 1.807) is 24.3 Å². The van der Waals surface area contributed by atoms with Crippen molar-refractivity contribution in [3.63, 3.8) is 0 Å². The Labute approximate surface area is 143 Å². The number of rotatable bonds is 5. The number of ether oxygens (including phenoxy) is 2. The maximum absolute atomic E-state index is 12.4. The average molecular weight is 353 g/mol. The van der Waals surface area contributed by atoms with Gasteiger partial charge in [-0.3, -0.25) is 9.69 Å². The zero-order chi connectivity index (χ0) is 17.1. The van der Waals surface area contributed by atoms with Gasteiger partial charge in [0.15, 0.2) is 11.5 Å². The Hall–Kier alpha value is -2.06. The molecule has 1 aromatic rings. The molecule has 0 aliphatic carbocycles. The van der Waals surface area contributed by atoms with Gasteiger partial charge in [0.1, 0.15) is 10.4 Å². The molecule has 122 valence electrons. The van der Waals surface area contributed by atoms with Gasteiger partial charge >= 0.3 is 5.97 Å². The van der Waals surface area contributed by atoms with Crippen LogP contribution >= 0.6 is 24.0 Å². The number of nitrogens with zero attached hydrogens (tertiary/aromatic N) is 1. The summed E-state index contributed by atoms with van der Waals surface area (Å²) in [6, 6.07) is 4.23. The minimum atomic E-state index is -1.10. The molecule has 1 aromatic carbocycles. The number of amides is 1. The van der Waals surface area contributed by atoms with Crippen molar-refractivity contribution in [2.45, 2.75) is 13.0 Å². The molecule has 0 saturated carbocycles. The van der Waals surface area contributed by atoms with Gasteiger partial charge in [-0.1, -0.05) is 30.0 Å². The SMILES string of the molecule is COc1ccc(/C=C2/SC(=S)N(C(C)C(=O)O)C2=O)cc1OC. The summed E-state index contributed by atoms with van der Waals surface area (Å²) in [6.07, 6.45) is 1.65. The molecule has 1 unspecified atom stereocenters. The van der Waals surface area contributed by atoms with Gasteiger partial charge in [0.2, 0.25) is 0 Å². The number of hydrogen-bond acceptors (Lipinski definition) is 6. The number of hydrogen-bond donors (Lipinski definition) is 1. The number of carbonyl (C=O) groups excluding carboxylic acids is 1. The fraction of sp³-hybridized carbons (Fsp3) is 0.267. The molecule has 1 aliphatic rings. The summed E-state index contributed by atoms with van der Waals surface area (Å²) in [5.41, 5.74) is 0.728. The van der Waals surface area contributed by atoms with E-state index in [-0.39, 0.29) is 4.32 Å². The maximum atomic E-state index is 12.4. The third-order valence-electron chi connectivity index (χ3n) is 3.27. The van der Waals surface area contributed by atoms with Crippen molar-refractivity contribution in [2.75, 3.05) is 14.2 Å². The number of carboxylic acids is 1. The zero-order valence-corrected chi connectivity index (χ0v) is 14.4. The lowest BCUT2D eigenvalue weighted by Crippen LogP contribution is -2.41. The van der Waals surface area contributed by atoms with Gasteiger partial charge in [-0.05, 0) is 30.7 Å². The fourth-order valence-corrected chi connectivity index (χ4v) is 3.44. The molecule has 2 rings (SSSR count).